The van der Waals surface area contributed by atoms with Crippen LogP contribution >= 0.6 is 11.6 Å². The molecule has 0 spiro atoms. The number of halogens is 4. The highest BCUT2D eigenvalue weighted by Crippen LogP contribution is 2.36. The Labute approximate surface area is 147 Å². The Morgan fingerprint density at radius 3 is 2.84 bits per heavy atom. The maximum absolute atomic E-state index is 12.9. The molecular formula is C16H16ClF3N4O. The molecule has 0 amide bonds. The van der Waals surface area contributed by atoms with Gasteiger partial charge in [0.05, 0.1) is 16.7 Å². The summed E-state index contributed by atoms with van der Waals surface area (Å²) in [6.45, 7) is 1.34. The molecule has 3 rings (SSSR count). The number of aromatic nitrogens is 2. The highest BCUT2D eigenvalue weighted by molar-refractivity contribution is 6.31. The van der Waals surface area contributed by atoms with Gasteiger partial charge in [-0.1, -0.05) is 11.6 Å². The van der Waals surface area contributed by atoms with E-state index in [1.165, 1.54) is 18.3 Å². The molecule has 2 aromatic rings. The van der Waals surface area contributed by atoms with Crippen LogP contribution in [0.25, 0.3) is 0 Å². The number of alkyl halides is 3. The third-order valence-corrected chi connectivity index (χ3v) is 4.04. The van der Waals surface area contributed by atoms with Crippen LogP contribution in [0.4, 0.5) is 30.6 Å². The zero-order valence-electron chi connectivity index (χ0n) is 13.1. The fraction of sp³-hybridized carbons (Fsp3) is 0.375. The van der Waals surface area contributed by atoms with Gasteiger partial charge in [-0.2, -0.15) is 18.2 Å². The number of rotatable bonds is 5. The number of nitrogens with zero attached hydrogens (tertiary/aromatic N) is 2. The number of ether oxygens (including phenoxy) is 1. The Kier molecular flexibility index (Phi) is 5.29. The number of nitrogens with one attached hydrogen (secondary N) is 2. The number of hydrogen-bond acceptors (Lipinski definition) is 5. The van der Waals surface area contributed by atoms with Crippen LogP contribution in [0.1, 0.15) is 18.4 Å². The van der Waals surface area contributed by atoms with E-state index in [2.05, 4.69) is 20.6 Å². The summed E-state index contributed by atoms with van der Waals surface area (Å²) < 4.78 is 44.3. The second-order valence-corrected chi connectivity index (χ2v) is 6.01. The molecule has 1 aliphatic rings. The summed E-state index contributed by atoms with van der Waals surface area (Å²) in [6, 6.07) is 5.17. The highest BCUT2D eigenvalue weighted by Gasteiger charge is 2.33. The van der Waals surface area contributed by atoms with E-state index in [4.69, 9.17) is 16.3 Å². The summed E-state index contributed by atoms with van der Waals surface area (Å²) >= 11 is 5.62. The second kappa shape index (κ2) is 7.45. The van der Waals surface area contributed by atoms with Gasteiger partial charge in [0.1, 0.15) is 5.82 Å². The first-order chi connectivity index (χ1) is 11.9. The van der Waals surface area contributed by atoms with Crippen LogP contribution in [-0.2, 0) is 10.9 Å². The third-order valence-electron chi connectivity index (χ3n) is 3.71. The Morgan fingerprint density at radius 2 is 2.12 bits per heavy atom. The molecule has 25 heavy (non-hydrogen) atoms. The lowest BCUT2D eigenvalue weighted by Gasteiger charge is -2.13. The van der Waals surface area contributed by atoms with E-state index < -0.39 is 11.7 Å². The molecule has 1 aliphatic heterocycles. The van der Waals surface area contributed by atoms with Crippen molar-refractivity contribution in [3.63, 3.8) is 0 Å². The van der Waals surface area contributed by atoms with Gasteiger partial charge in [0, 0.05) is 25.0 Å². The van der Waals surface area contributed by atoms with Crippen molar-refractivity contribution >= 4 is 29.1 Å². The van der Waals surface area contributed by atoms with Gasteiger partial charge >= 0.3 is 6.18 Å². The molecule has 0 radical (unpaired) electrons. The summed E-state index contributed by atoms with van der Waals surface area (Å²) in [5.74, 6) is 0.755. The smallest absolute Gasteiger partial charge is 0.376 e. The Morgan fingerprint density at radius 1 is 1.28 bits per heavy atom. The largest absolute Gasteiger partial charge is 0.417 e. The molecule has 2 heterocycles. The molecule has 1 unspecified atom stereocenters. The van der Waals surface area contributed by atoms with E-state index in [1.807, 2.05) is 0 Å². The molecule has 1 saturated heterocycles. The molecule has 1 aromatic carbocycles. The quantitative estimate of drug-likeness (QED) is 0.810. The highest BCUT2D eigenvalue weighted by atomic mass is 35.5. The van der Waals surface area contributed by atoms with Crippen LogP contribution in [-0.4, -0.2) is 29.2 Å². The molecule has 9 heteroatoms. The van der Waals surface area contributed by atoms with Gasteiger partial charge in [-0.25, -0.2) is 4.98 Å². The van der Waals surface area contributed by atoms with Crippen molar-refractivity contribution in [1.82, 2.24) is 9.97 Å². The van der Waals surface area contributed by atoms with Crippen molar-refractivity contribution in [3.8, 4) is 0 Å². The Bertz CT molecular complexity index is 736. The van der Waals surface area contributed by atoms with Gasteiger partial charge in [-0.3, -0.25) is 0 Å². The van der Waals surface area contributed by atoms with Crippen LogP contribution in [0.3, 0.4) is 0 Å². The van der Waals surface area contributed by atoms with Crippen molar-refractivity contribution in [3.05, 3.63) is 41.0 Å². The number of benzene rings is 1. The molecule has 5 nitrogen and oxygen atoms in total. The second-order valence-electron chi connectivity index (χ2n) is 5.60. The van der Waals surface area contributed by atoms with Crippen molar-refractivity contribution < 1.29 is 17.9 Å². The molecular weight excluding hydrogens is 357 g/mol. The van der Waals surface area contributed by atoms with Crippen LogP contribution in [0.2, 0.25) is 5.02 Å². The summed E-state index contributed by atoms with van der Waals surface area (Å²) in [5, 5.41) is 5.55. The normalized spacial score (nSPS) is 17.5. The number of hydrogen-bond donors (Lipinski definition) is 2. The van der Waals surface area contributed by atoms with Crippen molar-refractivity contribution in [1.29, 1.82) is 0 Å². The molecule has 1 aromatic heterocycles. The van der Waals surface area contributed by atoms with E-state index in [9.17, 15) is 13.2 Å². The maximum atomic E-state index is 12.9. The first kappa shape index (κ1) is 17.8. The average molecular weight is 373 g/mol. The maximum Gasteiger partial charge on any atom is 0.417 e. The number of anilines is 3. The Hall–Kier alpha value is -2.06. The molecule has 1 fully saturated rings. The van der Waals surface area contributed by atoms with Gasteiger partial charge in [-0.15, -0.1) is 0 Å². The van der Waals surface area contributed by atoms with Gasteiger partial charge in [0.25, 0.3) is 0 Å². The summed E-state index contributed by atoms with van der Waals surface area (Å²) in [7, 11) is 0. The van der Waals surface area contributed by atoms with Gasteiger partial charge < -0.3 is 15.4 Å². The Balaban J connectivity index is 1.69. The summed E-state index contributed by atoms with van der Waals surface area (Å²) in [4.78, 5) is 8.33. The molecule has 0 bridgehead atoms. The zero-order valence-corrected chi connectivity index (χ0v) is 13.9. The van der Waals surface area contributed by atoms with E-state index >= 15 is 0 Å². The first-order valence-corrected chi connectivity index (χ1v) is 8.12. The van der Waals surface area contributed by atoms with Crippen molar-refractivity contribution in [2.24, 2.45) is 0 Å². The minimum absolute atomic E-state index is 0.130. The standard InChI is InChI=1S/C16H16ClF3N4O/c17-13-4-3-10(8-12(13)16(18,19)20)23-14-5-6-21-15(24-14)22-9-11-2-1-7-25-11/h3-6,8,11H,1-2,7,9H2,(H2,21,22,23,24). The molecule has 1 atom stereocenters. The first-order valence-electron chi connectivity index (χ1n) is 7.74. The molecule has 0 saturated carbocycles. The minimum Gasteiger partial charge on any atom is -0.376 e. The van der Waals surface area contributed by atoms with Crippen molar-refractivity contribution in [2.75, 3.05) is 23.8 Å². The molecule has 0 aliphatic carbocycles. The van der Waals surface area contributed by atoms with Gasteiger partial charge in [-0.05, 0) is 37.1 Å². The molecule has 134 valence electrons. The predicted molar refractivity (Wildman–Crippen MR) is 89.2 cm³/mol. The lowest BCUT2D eigenvalue weighted by molar-refractivity contribution is -0.137. The van der Waals surface area contributed by atoms with Crippen LogP contribution in [0.5, 0.6) is 0 Å². The van der Waals surface area contributed by atoms with E-state index in [0.29, 0.717) is 18.3 Å². The fourth-order valence-corrected chi connectivity index (χ4v) is 2.72. The van der Waals surface area contributed by atoms with Crippen LogP contribution in [0.15, 0.2) is 30.5 Å². The van der Waals surface area contributed by atoms with Crippen LogP contribution in [0, 0.1) is 0 Å². The van der Waals surface area contributed by atoms with Crippen LogP contribution < -0.4 is 10.6 Å². The third kappa shape index (κ3) is 4.73. The summed E-state index contributed by atoms with van der Waals surface area (Å²) in [5.41, 5.74) is -0.662. The molecule has 2 N–H and O–H groups in total. The van der Waals surface area contributed by atoms with E-state index in [0.717, 1.165) is 25.5 Å². The fourth-order valence-electron chi connectivity index (χ4n) is 2.49. The monoisotopic (exact) mass is 372 g/mol. The summed E-state index contributed by atoms with van der Waals surface area (Å²) in [6.07, 6.45) is -0.851. The SMILES string of the molecule is FC(F)(F)c1cc(Nc2ccnc(NCC3CCCO3)n2)ccc1Cl. The topological polar surface area (TPSA) is 59.1 Å². The lowest BCUT2D eigenvalue weighted by atomic mass is 10.2. The minimum atomic E-state index is -4.52. The van der Waals surface area contributed by atoms with Gasteiger partial charge in [0.2, 0.25) is 5.95 Å². The van der Waals surface area contributed by atoms with Gasteiger partial charge in [0.15, 0.2) is 0 Å². The van der Waals surface area contributed by atoms with E-state index in [1.54, 1.807) is 6.07 Å². The van der Waals surface area contributed by atoms with Crippen molar-refractivity contribution in [2.45, 2.75) is 25.1 Å². The predicted octanol–water partition coefficient (Wildman–Crippen LogP) is 4.48. The lowest BCUT2D eigenvalue weighted by Crippen LogP contribution is -2.19. The van der Waals surface area contributed by atoms with E-state index in [-0.39, 0.29) is 16.8 Å². The zero-order chi connectivity index (χ0) is 17.9. The average Bonchev–Trinajstić information content (AvgIpc) is 3.08.